The maximum absolute atomic E-state index is 5.64. The van der Waals surface area contributed by atoms with Gasteiger partial charge < -0.3 is 24.7 Å². The number of rotatable bonds is 11. The van der Waals surface area contributed by atoms with Gasteiger partial charge in [-0.3, -0.25) is 0 Å². The summed E-state index contributed by atoms with van der Waals surface area (Å²) in [4.78, 5) is 4.70. The molecule has 0 unspecified atom stereocenters. The topological polar surface area (TPSA) is 85.6 Å². The molecule has 8 heteroatoms. The Morgan fingerprint density at radius 1 is 1.17 bits per heavy atom. The number of ether oxygens (including phenoxy) is 2. The van der Waals surface area contributed by atoms with Crippen LogP contribution in [0.4, 0.5) is 0 Å². The molecule has 0 bridgehead atoms. The molecule has 8 nitrogen and oxygen atoms in total. The number of nitrogens with zero attached hydrogens (tertiary/aromatic N) is 4. The van der Waals surface area contributed by atoms with Crippen molar-refractivity contribution in [3.05, 3.63) is 41.5 Å². The van der Waals surface area contributed by atoms with Crippen LogP contribution in [0.25, 0.3) is 0 Å². The van der Waals surface area contributed by atoms with Crippen LogP contribution in [0, 0.1) is 12.8 Å². The number of aryl methyl sites for hydroxylation is 1. The SMILES string of the molecule is COc1ccc(CN=C(NCCCOCC(C)C)NCc2nnc(C)n2C)cc1. The van der Waals surface area contributed by atoms with Gasteiger partial charge in [0.2, 0.25) is 0 Å². The standard InChI is InChI=1S/C21H34N6O2/c1-16(2)15-29-12-6-11-22-21(24-14-20-26-25-17(3)27(20)4)23-13-18-7-9-19(28-5)10-8-18/h7-10,16H,6,11-15H2,1-5H3,(H2,22,23,24). The van der Waals surface area contributed by atoms with Gasteiger partial charge in [0.15, 0.2) is 11.8 Å². The number of hydrogen-bond donors (Lipinski definition) is 2. The van der Waals surface area contributed by atoms with Crippen LogP contribution in [0.5, 0.6) is 5.75 Å². The van der Waals surface area contributed by atoms with Crippen LogP contribution in [-0.2, 0) is 24.9 Å². The summed E-state index contributed by atoms with van der Waals surface area (Å²) in [5.74, 6) is 3.88. The van der Waals surface area contributed by atoms with Crippen LogP contribution < -0.4 is 15.4 Å². The number of aromatic nitrogens is 3. The van der Waals surface area contributed by atoms with Gasteiger partial charge in [-0.1, -0.05) is 26.0 Å². The summed E-state index contributed by atoms with van der Waals surface area (Å²) in [7, 11) is 3.62. The van der Waals surface area contributed by atoms with E-state index in [-0.39, 0.29) is 0 Å². The molecule has 0 aliphatic rings. The van der Waals surface area contributed by atoms with Crippen LogP contribution in [0.2, 0.25) is 0 Å². The van der Waals surface area contributed by atoms with Crippen molar-refractivity contribution in [1.82, 2.24) is 25.4 Å². The maximum Gasteiger partial charge on any atom is 0.191 e. The Kier molecular flexibility index (Phi) is 9.43. The van der Waals surface area contributed by atoms with Crippen molar-refractivity contribution in [2.24, 2.45) is 18.0 Å². The molecule has 2 N–H and O–H groups in total. The summed E-state index contributed by atoms with van der Waals surface area (Å²) >= 11 is 0. The maximum atomic E-state index is 5.64. The monoisotopic (exact) mass is 402 g/mol. The molecular weight excluding hydrogens is 368 g/mol. The Morgan fingerprint density at radius 3 is 2.55 bits per heavy atom. The highest BCUT2D eigenvalue weighted by molar-refractivity contribution is 5.79. The molecule has 0 saturated carbocycles. The highest BCUT2D eigenvalue weighted by Gasteiger charge is 2.06. The minimum absolute atomic E-state index is 0.551. The number of benzene rings is 1. The third-order valence-electron chi connectivity index (χ3n) is 4.38. The fourth-order valence-corrected chi connectivity index (χ4v) is 2.54. The summed E-state index contributed by atoms with van der Waals surface area (Å²) in [6.07, 6.45) is 0.916. The lowest BCUT2D eigenvalue weighted by atomic mass is 10.2. The van der Waals surface area contributed by atoms with Crippen molar-refractivity contribution in [2.75, 3.05) is 26.9 Å². The first kappa shape index (κ1) is 22.7. The third kappa shape index (κ3) is 8.11. The van der Waals surface area contributed by atoms with Gasteiger partial charge in [0.05, 0.1) is 20.2 Å². The fourth-order valence-electron chi connectivity index (χ4n) is 2.54. The van der Waals surface area contributed by atoms with E-state index >= 15 is 0 Å². The lowest BCUT2D eigenvalue weighted by Crippen LogP contribution is -2.38. The van der Waals surface area contributed by atoms with Gasteiger partial charge in [0, 0.05) is 26.8 Å². The Morgan fingerprint density at radius 2 is 1.93 bits per heavy atom. The third-order valence-corrected chi connectivity index (χ3v) is 4.38. The van der Waals surface area contributed by atoms with E-state index in [2.05, 4.69) is 34.7 Å². The molecule has 0 aliphatic carbocycles. The number of guanidine groups is 1. The quantitative estimate of drug-likeness (QED) is 0.341. The second kappa shape index (κ2) is 12.1. The van der Waals surface area contributed by atoms with Gasteiger partial charge >= 0.3 is 0 Å². The van der Waals surface area contributed by atoms with Crippen molar-refractivity contribution in [3.63, 3.8) is 0 Å². The van der Waals surface area contributed by atoms with Crippen LogP contribution in [-0.4, -0.2) is 47.6 Å². The van der Waals surface area contributed by atoms with Gasteiger partial charge in [-0.25, -0.2) is 4.99 Å². The van der Waals surface area contributed by atoms with E-state index in [4.69, 9.17) is 14.5 Å². The Balaban J connectivity index is 1.90. The van der Waals surface area contributed by atoms with Gasteiger partial charge in [-0.2, -0.15) is 0 Å². The number of methoxy groups -OCH3 is 1. The average molecular weight is 403 g/mol. The normalized spacial score (nSPS) is 11.7. The van der Waals surface area contributed by atoms with Crippen LogP contribution in [0.1, 0.15) is 37.5 Å². The molecule has 1 heterocycles. The lowest BCUT2D eigenvalue weighted by Gasteiger charge is -2.13. The predicted molar refractivity (Wildman–Crippen MR) is 115 cm³/mol. The predicted octanol–water partition coefficient (Wildman–Crippen LogP) is 2.43. The van der Waals surface area contributed by atoms with Crippen molar-refractivity contribution in [3.8, 4) is 5.75 Å². The lowest BCUT2D eigenvalue weighted by molar-refractivity contribution is 0.108. The van der Waals surface area contributed by atoms with Gasteiger partial charge in [0.1, 0.15) is 11.6 Å². The van der Waals surface area contributed by atoms with Crippen LogP contribution in [0.3, 0.4) is 0 Å². The number of aliphatic imine (C=N–C) groups is 1. The molecule has 29 heavy (non-hydrogen) atoms. The highest BCUT2D eigenvalue weighted by Crippen LogP contribution is 2.11. The molecule has 0 fully saturated rings. The van der Waals surface area contributed by atoms with Crippen molar-refractivity contribution in [1.29, 1.82) is 0 Å². The second-order valence-corrected chi connectivity index (χ2v) is 7.34. The van der Waals surface area contributed by atoms with E-state index in [0.717, 1.165) is 55.1 Å². The summed E-state index contributed by atoms with van der Waals surface area (Å²) in [6.45, 7) is 9.67. The van der Waals surface area contributed by atoms with E-state index in [1.165, 1.54) is 0 Å². The first-order chi connectivity index (χ1) is 14.0. The zero-order chi connectivity index (χ0) is 21.1. The molecule has 0 atom stereocenters. The van der Waals surface area contributed by atoms with Crippen molar-refractivity contribution in [2.45, 2.75) is 40.3 Å². The first-order valence-electron chi connectivity index (χ1n) is 10.1. The summed E-state index contributed by atoms with van der Waals surface area (Å²) < 4.78 is 12.8. The zero-order valence-corrected chi connectivity index (χ0v) is 18.2. The van der Waals surface area contributed by atoms with Gasteiger partial charge in [-0.05, 0) is 37.0 Å². The summed E-state index contributed by atoms with van der Waals surface area (Å²) in [6, 6.07) is 7.93. The fraction of sp³-hybridized carbons (Fsp3) is 0.571. The molecule has 0 saturated heterocycles. The van der Waals surface area contributed by atoms with Gasteiger partial charge in [-0.15, -0.1) is 10.2 Å². The molecule has 0 amide bonds. The Labute approximate surface area is 173 Å². The minimum Gasteiger partial charge on any atom is -0.497 e. The van der Waals surface area contributed by atoms with E-state index in [1.54, 1.807) is 7.11 Å². The van der Waals surface area contributed by atoms with Crippen molar-refractivity contribution < 1.29 is 9.47 Å². The molecule has 1 aromatic carbocycles. The van der Waals surface area contributed by atoms with E-state index in [9.17, 15) is 0 Å². The molecular formula is C21H34N6O2. The van der Waals surface area contributed by atoms with E-state index in [1.807, 2.05) is 42.8 Å². The molecule has 160 valence electrons. The van der Waals surface area contributed by atoms with Crippen LogP contribution in [0.15, 0.2) is 29.3 Å². The highest BCUT2D eigenvalue weighted by atomic mass is 16.5. The largest absolute Gasteiger partial charge is 0.497 e. The molecule has 2 rings (SSSR count). The Bertz CT molecular complexity index is 755. The zero-order valence-electron chi connectivity index (χ0n) is 18.2. The van der Waals surface area contributed by atoms with Crippen molar-refractivity contribution >= 4 is 5.96 Å². The molecule has 2 aromatic rings. The Hall–Kier alpha value is -2.61. The molecule has 0 aliphatic heterocycles. The molecule has 1 aromatic heterocycles. The van der Waals surface area contributed by atoms with E-state index in [0.29, 0.717) is 19.0 Å². The second-order valence-electron chi connectivity index (χ2n) is 7.34. The van der Waals surface area contributed by atoms with E-state index < -0.39 is 0 Å². The first-order valence-corrected chi connectivity index (χ1v) is 10.1. The number of hydrogen-bond acceptors (Lipinski definition) is 5. The summed E-state index contributed by atoms with van der Waals surface area (Å²) in [5, 5.41) is 15.0. The molecule has 0 spiro atoms. The summed E-state index contributed by atoms with van der Waals surface area (Å²) in [5.41, 5.74) is 1.11. The smallest absolute Gasteiger partial charge is 0.191 e. The minimum atomic E-state index is 0.551. The van der Waals surface area contributed by atoms with Gasteiger partial charge in [0.25, 0.3) is 0 Å². The average Bonchev–Trinajstić information content (AvgIpc) is 3.04. The number of nitrogens with one attached hydrogen (secondary N) is 2. The molecule has 0 radical (unpaired) electrons. The van der Waals surface area contributed by atoms with Crippen LogP contribution >= 0.6 is 0 Å².